The molecular formula is C15H10F3O3-. The van der Waals surface area contributed by atoms with Crippen molar-refractivity contribution in [1.29, 1.82) is 0 Å². The van der Waals surface area contributed by atoms with Gasteiger partial charge in [-0.3, -0.25) is 0 Å². The zero-order valence-corrected chi connectivity index (χ0v) is 10.7. The lowest BCUT2D eigenvalue weighted by atomic mass is 10.1. The fraction of sp³-hybridized carbons (Fsp3) is 0.133. The number of hydrogen-bond donors (Lipinski definition) is 0. The van der Waals surface area contributed by atoms with E-state index in [1.807, 2.05) is 0 Å². The van der Waals surface area contributed by atoms with Gasteiger partial charge in [-0.2, -0.15) is 13.2 Å². The summed E-state index contributed by atoms with van der Waals surface area (Å²) < 4.78 is 43.0. The van der Waals surface area contributed by atoms with E-state index in [1.165, 1.54) is 24.3 Å². The largest absolute Gasteiger partial charge is 0.545 e. The average Bonchev–Trinajstić information content (AvgIpc) is 2.40. The number of benzene rings is 2. The third kappa shape index (κ3) is 3.98. The molecule has 0 unspecified atom stereocenters. The quantitative estimate of drug-likeness (QED) is 0.871. The van der Waals surface area contributed by atoms with Gasteiger partial charge in [0.25, 0.3) is 0 Å². The van der Waals surface area contributed by atoms with Crippen molar-refractivity contribution in [3.8, 4) is 11.5 Å². The molecule has 0 aliphatic rings. The molecule has 3 nitrogen and oxygen atoms in total. The highest BCUT2D eigenvalue weighted by molar-refractivity contribution is 5.90. The van der Waals surface area contributed by atoms with E-state index in [0.29, 0.717) is 0 Å². The van der Waals surface area contributed by atoms with Crippen molar-refractivity contribution in [2.75, 3.05) is 0 Å². The minimum atomic E-state index is -4.47. The average molecular weight is 295 g/mol. The third-order valence-corrected chi connectivity index (χ3v) is 2.67. The Labute approximate surface area is 118 Å². The highest BCUT2D eigenvalue weighted by Gasteiger charge is 2.30. The van der Waals surface area contributed by atoms with Gasteiger partial charge in [-0.15, -0.1) is 0 Å². The van der Waals surface area contributed by atoms with Crippen LogP contribution in [0.2, 0.25) is 0 Å². The van der Waals surface area contributed by atoms with Crippen LogP contribution in [0.5, 0.6) is 11.5 Å². The van der Waals surface area contributed by atoms with Crippen LogP contribution in [-0.4, -0.2) is 12.1 Å². The number of alkyl halides is 3. The Morgan fingerprint density at radius 1 is 1.05 bits per heavy atom. The molecule has 2 aromatic rings. The van der Waals surface area contributed by atoms with E-state index in [4.69, 9.17) is 4.74 Å². The minimum Gasteiger partial charge on any atom is -0.545 e. The van der Waals surface area contributed by atoms with Crippen molar-refractivity contribution in [1.82, 2.24) is 0 Å². The van der Waals surface area contributed by atoms with Gasteiger partial charge in [0.2, 0.25) is 0 Å². The molecule has 0 spiro atoms. The molecule has 0 bridgehead atoms. The van der Waals surface area contributed by atoms with E-state index in [9.17, 15) is 23.1 Å². The van der Waals surface area contributed by atoms with Crippen LogP contribution in [0.3, 0.4) is 0 Å². The number of carbonyl (C=O) groups is 1. The summed E-state index contributed by atoms with van der Waals surface area (Å²) in [6.45, 7) is 0. The smallest absolute Gasteiger partial charge is 0.393 e. The van der Waals surface area contributed by atoms with Crippen molar-refractivity contribution in [2.45, 2.75) is 12.6 Å². The summed E-state index contributed by atoms with van der Waals surface area (Å²) in [6, 6.07) is 11.5. The van der Waals surface area contributed by atoms with Crippen LogP contribution < -0.4 is 9.84 Å². The van der Waals surface area contributed by atoms with Gasteiger partial charge in [0, 0.05) is 11.1 Å². The van der Waals surface area contributed by atoms with E-state index in [2.05, 4.69) is 0 Å². The molecule has 0 heterocycles. The van der Waals surface area contributed by atoms with E-state index >= 15 is 0 Å². The predicted molar refractivity (Wildman–Crippen MR) is 67.0 cm³/mol. The standard InChI is InChI=1S/C15H11F3O3/c16-15(17,18)9-10-5-4-8-12(14(19)20)13(10)21-11-6-2-1-3-7-11/h1-8H,9H2,(H,19,20)/p-1. The summed E-state index contributed by atoms with van der Waals surface area (Å²) in [5.74, 6) is -1.69. The monoisotopic (exact) mass is 295 g/mol. The first-order valence-electron chi connectivity index (χ1n) is 6.00. The molecule has 21 heavy (non-hydrogen) atoms. The lowest BCUT2D eigenvalue weighted by Crippen LogP contribution is -2.23. The molecular weight excluding hydrogens is 285 g/mol. The molecule has 2 aromatic carbocycles. The van der Waals surface area contributed by atoms with Crippen molar-refractivity contribution >= 4 is 5.97 Å². The molecule has 2 rings (SSSR count). The minimum absolute atomic E-state index is 0.245. The second kappa shape index (κ2) is 5.87. The lowest BCUT2D eigenvalue weighted by molar-refractivity contribution is -0.255. The van der Waals surface area contributed by atoms with Crippen LogP contribution >= 0.6 is 0 Å². The number of rotatable bonds is 4. The summed E-state index contributed by atoms with van der Waals surface area (Å²) in [7, 11) is 0. The Morgan fingerprint density at radius 2 is 1.71 bits per heavy atom. The first kappa shape index (κ1) is 14.9. The number of para-hydroxylation sites is 2. The van der Waals surface area contributed by atoms with Crippen LogP contribution in [0.4, 0.5) is 13.2 Å². The number of carbonyl (C=O) groups excluding carboxylic acids is 1. The van der Waals surface area contributed by atoms with Crippen LogP contribution in [0.25, 0.3) is 0 Å². The second-order valence-electron chi connectivity index (χ2n) is 4.29. The molecule has 110 valence electrons. The Morgan fingerprint density at radius 3 is 2.29 bits per heavy atom. The second-order valence-corrected chi connectivity index (χ2v) is 4.29. The van der Waals surface area contributed by atoms with Gasteiger partial charge >= 0.3 is 6.18 Å². The Bertz CT molecular complexity index is 636. The maximum Gasteiger partial charge on any atom is 0.393 e. The van der Waals surface area contributed by atoms with Gasteiger partial charge in [-0.05, 0) is 18.2 Å². The van der Waals surface area contributed by atoms with Crippen molar-refractivity contribution in [3.63, 3.8) is 0 Å². The van der Waals surface area contributed by atoms with E-state index < -0.39 is 24.1 Å². The van der Waals surface area contributed by atoms with Gasteiger partial charge in [0.15, 0.2) is 0 Å². The molecule has 6 heteroatoms. The van der Waals surface area contributed by atoms with Crippen LogP contribution in [0.15, 0.2) is 48.5 Å². The molecule has 0 aliphatic carbocycles. The highest BCUT2D eigenvalue weighted by Crippen LogP contribution is 2.33. The SMILES string of the molecule is O=C([O-])c1cccc(CC(F)(F)F)c1Oc1ccccc1. The van der Waals surface area contributed by atoms with Crippen molar-refractivity contribution in [3.05, 3.63) is 59.7 Å². The topological polar surface area (TPSA) is 49.4 Å². The number of carboxylic acid groups (broad SMARTS) is 1. The van der Waals surface area contributed by atoms with Gasteiger partial charge in [0.1, 0.15) is 11.5 Å². The number of halogens is 3. The van der Waals surface area contributed by atoms with Crippen LogP contribution in [0.1, 0.15) is 15.9 Å². The van der Waals surface area contributed by atoms with Crippen LogP contribution in [0, 0.1) is 0 Å². The molecule has 0 atom stereocenters. The summed E-state index contributed by atoms with van der Waals surface area (Å²) in [5, 5.41) is 11.1. The normalized spacial score (nSPS) is 11.2. The molecule has 0 saturated heterocycles. The van der Waals surface area contributed by atoms with Gasteiger partial charge < -0.3 is 14.6 Å². The fourth-order valence-electron chi connectivity index (χ4n) is 1.83. The summed E-state index contributed by atoms with van der Waals surface area (Å²) in [6.07, 6.45) is -5.75. The first-order valence-corrected chi connectivity index (χ1v) is 6.00. The van der Waals surface area contributed by atoms with E-state index in [0.717, 1.165) is 6.07 Å². The molecule has 0 N–H and O–H groups in total. The zero-order valence-electron chi connectivity index (χ0n) is 10.7. The number of aromatic carboxylic acids is 1. The lowest BCUT2D eigenvalue weighted by Gasteiger charge is -2.17. The number of carboxylic acids is 1. The van der Waals surface area contributed by atoms with Crippen LogP contribution in [-0.2, 0) is 6.42 Å². The molecule has 0 aliphatic heterocycles. The summed E-state index contributed by atoms with van der Waals surface area (Å²) >= 11 is 0. The highest BCUT2D eigenvalue weighted by atomic mass is 19.4. The predicted octanol–water partition coefficient (Wildman–Crippen LogP) is 2.95. The molecule has 0 saturated carbocycles. The number of hydrogen-bond acceptors (Lipinski definition) is 3. The first-order chi connectivity index (χ1) is 9.87. The van der Waals surface area contributed by atoms with Gasteiger partial charge in [-0.1, -0.05) is 30.3 Å². The molecule has 0 aromatic heterocycles. The Kier molecular flexibility index (Phi) is 4.16. The van der Waals surface area contributed by atoms with Gasteiger partial charge in [-0.25, -0.2) is 0 Å². The fourth-order valence-corrected chi connectivity index (χ4v) is 1.83. The summed E-state index contributed by atoms with van der Waals surface area (Å²) in [4.78, 5) is 11.1. The van der Waals surface area contributed by atoms with E-state index in [1.54, 1.807) is 18.2 Å². The Balaban J connectivity index is 2.46. The summed E-state index contributed by atoms with van der Waals surface area (Å²) in [5.41, 5.74) is -0.673. The molecule has 0 amide bonds. The maximum absolute atomic E-state index is 12.6. The van der Waals surface area contributed by atoms with Crippen molar-refractivity contribution < 1.29 is 27.8 Å². The molecule has 0 fully saturated rings. The van der Waals surface area contributed by atoms with Gasteiger partial charge in [0.05, 0.1) is 12.4 Å². The van der Waals surface area contributed by atoms with E-state index in [-0.39, 0.29) is 17.1 Å². The molecule has 0 radical (unpaired) electrons. The Hall–Kier alpha value is -2.50. The van der Waals surface area contributed by atoms with Crippen molar-refractivity contribution in [2.24, 2.45) is 0 Å². The third-order valence-electron chi connectivity index (χ3n) is 2.67. The maximum atomic E-state index is 12.6. The zero-order chi connectivity index (χ0) is 15.5. The number of ether oxygens (including phenoxy) is 1.